The van der Waals surface area contributed by atoms with Crippen LogP contribution in [0.25, 0.3) is 0 Å². The first-order valence-electron chi connectivity index (χ1n) is 7.64. The van der Waals surface area contributed by atoms with Gasteiger partial charge < -0.3 is 0 Å². The minimum atomic E-state index is 0.740. The molecule has 0 nitrogen and oxygen atoms in total. The summed E-state index contributed by atoms with van der Waals surface area (Å²) in [5.74, 6) is 3.13. The van der Waals surface area contributed by atoms with Crippen LogP contribution in [0.2, 0.25) is 0 Å². The molecule has 2 fully saturated rings. The van der Waals surface area contributed by atoms with Crippen LogP contribution in [0.3, 0.4) is 0 Å². The summed E-state index contributed by atoms with van der Waals surface area (Å²) in [7, 11) is 0. The topological polar surface area (TPSA) is 0 Å². The maximum atomic E-state index is 2.50. The van der Waals surface area contributed by atoms with E-state index in [1.54, 1.807) is 0 Å². The summed E-state index contributed by atoms with van der Waals surface area (Å²) in [6.07, 6.45) is 13.5. The van der Waals surface area contributed by atoms with Gasteiger partial charge in [0.1, 0.15) is 0 Å². The van der Waals surface area contributed by atoms with Crippen molar-refractivity contribution in [2.75, 3.05) is 0 Å². The molecule has 0 aliphatic heterocycles. The van der Waals surface area contributed by atoms with Crippen molar-refractivity contribution in [3.63, 3.8) is 0 Å². The first kappa shape index (κ1) is 12.5. The van der Waals surface area contributed by atoms with Crippen LogP contribution in [-0.4, -0.2) is 0 Å². The summed E-state index contributed by atoms with van der Waals surface area (Å²) in [6, 6.07) is 0. The quantitative estimate of drug-likeness (QED) is 0.514. The second-order valence-electron chi connectivity index (χ2n) is 6.94. The highest BCUT2D eigenvalue weighted by atomic mass is 14.5. The smallest absolute Gasteiger partial charge is 0.0300 e. The third-order valence-electron chi connectivity index (χ3n) is 5.41. The summed E-state index contributed by atoms with van der Waals surface area (Å²) in [4.78, 5) is 0. The second kappa shape index (κ2) is 5.10. The van der Waals surface area contributed by atoms with Crippen LogP contribution in [0.5, 0.6) is 0 Å². The van der Waals surface area contributed by atoms with Crippen molar-refractivity contribution < 1.29 is 0 Å². The molecule has 0 N–H and O–H groups in total. The van der Waals surface area contributed by atoms with Gasteiger partial charge in [0.15, 0.2) is 0 Å². The zero-order chi connectivity index (χ0) is 11.6. The minimum absolute atomic E-state index is 0.740. The molecule has 2 aliphatic rings. The predicted molar refractivity (Wildman–Crippen MR) is 71.5 cm³/mol. The van der Waals surface area contributed by atoms with Crippen molar-refractivity contribution in [3.05, 3.63) is 0 Å². The fraction of sp³-hybridized carbons (Fsp3) is 1.00. The number of hydrogen-bond acceptors (Lipinski definition) is 0. The normalized spacial score (nSPS) is 26.4. The molecule has 0 spiro atoms. The summed E-state index contributed by atoms with van der Waals surface area (Å²) >= 11 is 0. The molecule has 0 aromatic heterocycles. The zero-order valence-corrected chi connectivity index (χ0v) is 11.6. The molecule has 0 aromatic rings. The van der Waals surface area contributed by atoms with E-state index in [0.29, 0.717) is 0 Å². The molecule has 94 valence electrons. The first-order chi connectivity index (χ1) is 7.64. The Kier molecular flexibility index (Phi) is 3.97. The molecule has 2 rings (SSSR count). The van der Waals surface area contributed by atoms with Crippen molar-refractivity contribution in [1.29, 1.82) is 0 Å². The molecule has 2 aliphatic carbocycles. The third-order valence-corrected chi connectivity index (χ3v) is 5.41. The molecule has 0 heteroatoms. The molecule has 0 radical (unpaired) electrons. The second-order valence-corrected chi connectivity index (χ2v) is 6.94. The molecular weight excluding hydrogens is 192 g/mol. The highest BCUT2D eigenvalue weighted by Gasteiger charge is 2.42. The Hall–Kier alpha value is 0. The van der Waals surface area contributed by atoms with E-state index in [9.17, 15) is 0 Å². The lowest BCUT2D eigenvalue weighted by Crippen LogP contribution is -2.14. The lowest BCUT2D eigenvalue weighted by Gasteiger charge is -2.24. The molecule has 2 saturated carbocycles. The lowest BCUT2D eigenvalue weighted by atomic mass is 9.81. The zero-order valence-electron chi connectivity index (χ0n) is 11.6. The van der Waals surface area contributed by atoms with Gasteiger partial charge in [-0.25, -0.2) is 0 Å². The number of hydrogen-bond donors (Lipinski definition) is 0. The average molecular weight is 222 g/mol. The summed E-state index contributed by atoms with van der Waals surface area (Å²) < 4.78 is 0. The van der Waals surface area contributed by atoms with E-state index in [2.05, 4.69) is 20.8 Å². The Morgan fingerprint density at radius 3 is 2.44 bits per heavy atom. The predicted octanol–water partition coefficient (Wildman–Crippen LogP) is 5.42. The Balaban J connectivity index is 1.63. The summed E-state index contributed by atoms with van der Waals surface area (Å²) in [5, 5.41) is 0. The molecule has 0 bridgehead atoms. The van der Waals surface area contributed by atoms with Gasteiger partial charge in [0.2, 0.25) is 0 Å². The van der Waals surface area contributed by atoms with Gasteiger partial charge in [-0.15, -0.1) is 0 Å². The van der Waals surface area contributed by atoms with Gasteiger partial charge in [-0.3, -0.25) is 0 Å². The molecule has 0 heterocycles. The Bertz CT molecular complexity index is 210. The molecule has 16 heavy (non-hydrogen) atoms. The van der Waals surface area contributed by atoms with Crippen LogP contribution < -0.4 is 0 Å². The Morgan fingerprint density at radius 2 is 1.94 bits per heavy atom. The van der Waals surface area contributed by atoms with E-state index in [-0.39, 0.29) is 0 Å². The van der Waals surface area contributed by atoms with Gasteiger partial charge in [0, 0.05) is 0 Å². The first-order valence-corrected chi connectivity index (χ1v) is 7.64. The van der Waals surface area contributed by atoms with Gasteiger partial charge in [-0.2, -0.15) is 0 Å². The van der Waals surface area contributed by atoms with E-state index in [1.165, 1.54) is 57.8 Å². The van der Waals surface area contributed by atoms with Crippen molar-refractivity contribution in [1.82, 2.24) is 0 Å². The summed E-state index contributed by atoms with van der Waals surface area (Å²) in [5.41, 5.74) is 0.740. The molecule has 0 saturated heterocycles. The molecule has 2 atom stereocenters. The average Bonchev–Trinajstić information content (AvgIpc) is 3.14. The van der Waals surface area contributed by atoms with Crippen molar-refractivity contribution in [3.8, 4) is 0 Å². The van der Waals surface area contributed by atoms with Crippen LogP contribution >= 0.6 is 0 Å². The van der Waals surface area contributed by atoms with Gasteiger partial charge in [0.05, 0.1) is 0 Å². The van der Waals surface area contributed by atoms with E-state index in [0.717, 1.165) is 23.2 Å². The molecule has 2 unspecified atom stereocenters. The lowest BCUT2D eigenvalue weighted by molar-refractivity contribution is 0.267. The SMILES string of the molecule is CCC(CCCC1CC1)CC(C)C1(C)CC1. The summed E-state index contributed by atoms with van der Waals surface area (Å²) in [6.45, 7) is 7.38. The minimum Gasteiger partial charge on any atom is -0.0651 e. The fourth-order valence-electron chi connectivity index (χ4n) is 3.06. The van der Waals surface area contributed by atoms with E-state index in [4.69, 9.17) is 0 Å². The standard InChI is InChI=1S/C16H30/c1-4-14(6-5-7-15-8-9-15)12-13(2)16(3)10-11-16/h13-15H,4-12H2,1-3H3. The Labute approximate surface area is 102 Å². The molecule has 0 aromatic carbocycles. The van der Waals surface area contributed by atoms with Crippen molar-refractivity contribution in [2.24, 2.45) is 23.2 Å². The van der Waals surface area contributed by atoms with E-state index >= 15 is 0 Å². The van der Waals surface area contributed by atoms with Crippen LogP contribution in [0.15, 0.2) is 0 Å². The Morgan fingerprint density at radius 1 is 1.25 bits per heavy atom. The highest BCUT2D eigenvalue weighted by Crippen LogP contribution is 2.53. The van der Waals surface area contributed by atoms with Crippen molar-refractivity contribution >= 4 is 0 Å². The van der Waals surface area contributed by atoms with Crippen LogP contribution in [-0.2, 0) is 0 Å². The molecular formula is C16H30. The van der Waals surface area contributed by atoms with Gasteiger partial charge >= 0.3 is 0 Å². The monoisotopic (exact) mass is 222 g/mol. The molecule has 0 amide bonds. The largest absolute Gasteiger partial charge is 0.0651 e. The van der Waals surface area contributed by atoms with Gasteiger partial charge in [-0.1, -0.05) is 59.3 Å². The van der Waals surface area contributed by atoms with Crippen LogP contribution in [0.1, 0.15) is 78.6 Å². The van der Waals surface area contributed by atoms with Gasteiger partial charge in [-0.05, 0) is 42.4 Å². The fourth-order valence-corrected chi connectivity index (χ4v) is 3.06. The van der Waals surface area contributed by atoms with E-state index < -0.39 is 0 Å². The maximum absolute atomic E-state index is 2.50. The van der Waals surface area contributed by atoms with Crippen LogP contribution in [0.4, 0.5) is 0 Å². The van der Waals surface area contributed by atoms with Crippen molar-refractivity contribution in [2.45, 2.75) is 78.6 Å². The van der Waals surface area contributed by atoms with E-state index in [1.807, 2.05) is 0 Å². The third kappa shape index (κ3) is 3.50. The van der Waals surface area contributed by atoms with Gasteiger partial charge in [0.25, 0.3) is 0 Å². The van der Waals surface area contributed by atoms with Crippen LogP contribution in [0, 0.1) is 23.2 Å². The highest BCUT2D eigenvalue weighted by molar-refractivity contribution is 4.93. The maximum Gasteiger partial charge on any atom is -0.0300 e. The number of rotatable bonds is 8.